The zero-order valence-corrected chi connectivity index (χ0v) is 20.8. The molecule has 1 amide bonds. The summed E-state index contributed by atoms with van der Waals surface area (Å²) in [5.41, 5.74) is 2.74. The Labute approximate surface area is 202 Å². The van der Waals surface area contributed by atoms with Gasteiger partial charge in [0, 0.05) is 18.7 Å². The largest absolute Gasteiger partial charge is 0.495 e. The molecular formula is C23H27ClN4O4S. The fourth-order valence-electron chi connectivity index (χ4n) is 3.15. The lowest BCUT2D eigenvalue weighted by Gasteiger charge is -2.13. The Balaban J connectivity index is 1.64. The maximum atomic E-state index is 12.6. The van der Waals surface area contributed by atoms with Gasteiger partial charge in [0.05, 0.1) is 30.7 Å². The number of amides is 1. The summed E-state index contributed by atoms with van der Waals surface area (Å²) in [5.74, 6) is 2.33. The minimum absolute atomic E-state index is 0.143. The molecule has 0 aliphatic heterocycles. The number of carbonyl (C=O) groups excluding carboxylic acids is 1. The number of anilines is 1. The molecule has 1 aromatic heterocycles. The lowest BCUT2D eigenvalue weighted by molar-refractivity contribution is -0.113. The third-order valence-corrected chi connectivity index (χ3v) is 6.36. The predicted molar refractivity (Wildman–Crippen MR) is 130 cm³/mol. The van der Waals surface area contributed by atoms with Crippen molar-refractivity contribution in [2.75, 3.05) is 25.3 Å². The van der Waals surface area contributed by atoms with E-state index in [1.165, 1.54) is 31.5 Å². The average molecular weight is 491 g/mol. The molecule has 1 N–H and O–H groups in total. The SMILES string of the molecule is CCn1c(COc2cccc(C)c2C)nnc1SCC(=O)Nc1cc(OC)c(Cl)cc1OC. The number of benzene rings is 2. The van der Waals surface area contributed by atoms with E-state index in [0.717, 1.165) is 11.3 Å². The van der Waals surface area contributed by atoms with Crippen molar-refractivity contribution in [1.82, 2.24) is 14.8 Å². The lowest BCUT2D eigenvalue weighted by atomic mass is 10.1. The molecule has 0 saturated heterocycles. The third kappa shape index (κ3) is 5.91. The van der Waals surface area contributed by atoms with E-state index in [9.17, 15) is 4.79 Å². The number of aryl methyl sites for hydroxylation is 1. The van der Waals surface area contributed by atoms with Crippen molar-refractivity contribution in [2.45, 2.75) is 39.1 Å². The van der Waals surface area contributed by atoms with E-state index in [2.05, 4.69) is 15.5 Å². The zero-order chi connectivity index (χ0) is 24.0. The first-order chi connectivity index (χ1) is 15.9. The van der Waals surface area contributed by atoms with Gasteiger partial charge >= 0.3 is 0 Å². The number of nitrogens with zero attached hydrogens (tertiary/aromatic N) is 3. The van der Waals surface area contributed by atoms with Gasteiger partial charge in [-0.3, -0.25) is 4.79 Å². The first-order valence-corrected chi connectivity index (χ1v) is 11.7. The molecule has 33 heavy (non-hydrogen) atoms. The van der Waals surface area contributed by atoms with Gasteiger partial charge in [-0.25, -0.2) is 0 Å². The topological polar surface area (TPSA) is 87.5 Å². The highest BCUT2D eigenvalue weighted by Gasteiger charge is 2.16. The fraction of sp³-hybridized carbons (Fsp3) is 0.348. The summed E-state index contributed by atoms with van der Waals surface area (Å²) in [6.07, 6.45) is 0. The molecule has 8 nitrogen and oxygen atoms in total. The van der Waals surface area contributed by atoms with Gasteiger partial charge in [-0.2, -0.15) is 0 Å². The minimum Gasteiger partial charge on any atom is -0.495 e. The van der Waals surface area contributed by atoms with Crippen LogP contribution in [0.25, 0.3) is 0 Å². The molecular weight excluding hydrogens is 464 g/mol. The quantitative estimate of drug-likeness (QED) is 0.404. The molecule has 0 aliphatic rings. The van der Waals surface area contributed by atoms with Gasteiger partial charge in [0.15, 0.2) is 11.0 Å². The smallest absolute Gasteiger partial charge is 0.234 e. The van der Waals surface area contributed by atoms with Crippen LogP contribution in [0.1, 0.15) is 23.9 Å². The van der Waals surface area contributed by atoms with E-state index in [1.807, 2.05) is 43.5 Å². The van der Waals surface area contributed by atoms with Gasteiger partial charge in [-0.05, 0) is 38.0 Å². The van der Waals surface area contributed by atoms with E-state index in [4.69, 9.17) is 25.8 Å². The number of hydrogen-bond acceptors (Lipinski definition) is 7. The maximum Gasteiger partial charge on any atom is 0.234 e. The van der Waals surface area contributed by atoms with Crippen LogP contribution in [0.15, 0.2) is 35.5 Å². The van der Waals surface area contributed by atoms with Crippen molar-refractivity contribution in [2.24, 2.45) is 0 Å². The highest BCUT2D eigenvalue weighted by Crippen LogP contribution is 2.36. The zero-order valence-electron chi connectivity index (χ0n) is 19.3. The van der Waals surface area contributed by atoms with Crippen molar-refractivity contribution in [3.05, 3.63) is 52.3 Å². The predicted octanol–water partition coefficient (Wildman–Crippen LogP) is 4.90. The van der Waals surface area contributed by atoms with Gasteiger partial charge in [0.25, 0.3) is 0 Å². The Morgan fingerprint density at radius 2 is 1.88 bits per heavy atom. The number of hydrogen-bond donors (Lipinski definition) is 1. The third-order valence-electron chi connectivity index (χ3n) is 5.10. The molecule has 3 rings (SSSR count). The molecule has 0 fully saturated rings. The number of methoxy groups -OCH3 is 2. The lowest BCUT2D eigenvalue weighted by Crippen LogP contribution is -2.15. The van der Waals surface area contributed by atoms with Crippen LogP contribution < -0.4 is 19.5 Å². The second kappa shape index (κ2) is 11.3. The first kappa shape index (κ1) is 24.7. The second-order valence-electron chi connectivity index (χ2n) is 7.15. The van der Waals surface area contributed by atoms with Crippen molar-refractivity contribution in [1.29, 1.82) is 0 Å². The minimum atomic E-state index is -0.221. The highest BCUT2D eigenvalue weighted by atomic mass is 35.5. The van der Waals surface area contributed by atoms with E-state index in [-0.39, 0.29) is 11.7 Å². The van der Waals surface area contributed by atoms with E-state index in [1.54, 1.807) is 12.1 Å². The molecule has 0 unspecified atom stereocenters. The number of halogens is 1. The number of thioether (sulfide) groups is 1. The molecule has 0 aliphatic carbocycles. The maximum absolute atomic E-state index is 12.6. The summed E-state index contributed by atoms with van der Waals surface area (Å²) in [6, 6.07) is 9.18. The Bertz CT molecular complexity index is 1140. The van der Waals surface area contributed by atoms with Crippen LogP contribution in [0.3, 0.4) is 0 Å². The van der Waals surface area contributed by atoms with Crippen molar-refractivity contribution in [3.8, 4) is 17.2 Å². The number of rotatable bonds is 10. The van der Waals surface area contributed by atoms with Gasteiger partial charge in [-0.15, -0.1) is 10.2 Å². The number of ether oxygens (including phenoxy) is 3. The molecule has 3 aromatic rings. The van der Waals surface area contributed by atoms with Crippen LogP contribution in [0.5, 0.6) is 17.2 Å². The second-order valence-corrected chi connectivity index (χ2v) is 8.50. The molecule has 0 bridgehead atoms. The Kier molecular flexibility index (Phi) is 8.46. The molecule has 10 heteroatoms. The van der Waals surface area contributed by atoms with Gasteiger partial charge < -0.3 is 24.1 Å². The Hall–Kier alpha value is -2.91. The standard InChI is InChI=1S/C23H27ClN4O4S/c1-6-28-21(12-32-18-9-7-8-14(2)15(18)3)26-27-23(28)33-13-22(29)25-17-11-19(30-4)16(24)10-20(17)31-5/h7-11H,6,12-13H2,1-5H3,(H,25,29). The van der Waals surface area contributed by atoms with Crippen LogP contribution >= 0.6 is 23.4 Å². The van der Waals surface area contributed by atoms with E-state index < -0.39 is 0 Å². The number of carbonyl (C=O) groups is 1. The highest BCUT2D eigenvalue weighted by molar-refractivity contribution is 7.99. The molecule has 0 saturated carbocycles. The van der Waals surface area contributed by atoms with Crippen molar-refractivity contribution in [3.63, 3.8) is 0 Å². The van der Waals surface area contributed by atoms with Crippen LogP contribution in [0.4, 0.5) is 5.69 Å². The Morgan fingerprint density at radius 1 is 1.12 bits per heavy atom. The van der Waals surface area contributed by atoms with Crippen molar-refractivity contribution >= 4 is 35.0 Å². The summed E-state index contributed by atoms with van der Waals surface area (Å²) in [7, 11) is 3.02. The first-order valence-electron chi connectivity index (χ1n) is 10.3. The summed E-state index contributed by atoms with van der Waals surface area (Å²) >= 11 is 7.42. The van der Waals surface area contributed by atoms with E-state index in [0.29, 0.717) is 46.3 Å². The number of aromatic nitrogens is 3. The van der Waals surface area contributed by atoms with Crippen LogP contribution in [-0.2, 0) is 17.9 Å². The summed E-state index contributed by atoms with van der Waals surface area (Å²) in [6.45, 7) is 7.02. The normalized spacial score (nSPS) is 10.7. The van der Waals surface area contributed by atoms with Crippen LogP contribution in [0.2, 0.25) is 5.02 Å². The average Bonchev–Trinajstić information content (AvgIpc) is 3.21. The summed E-state index contributed by atoms with van der Waals surface area (Å²) in [5, 5.41) is 12.4. The molecule has 0 atom stereocenters. The molecule has 0 spiro atoms. The van der Waals surface area contributed by atoms with E-state index >= 15 is 0 Å². The van der Waals surface area contributed by atoms with Crippen molar-refractivity contribution < 1.29 is 19.0 Å². The molecule has 0 radical (unpaired) electrons. The van der Waals surface area contributed by atoms with Crippen LogP contribution in [0, 0.1) is 13.8 Å². The summed E-state index contributed by atoms with van der Waals surface area (Å²) in [4.78, 5) is 12.6. The molecule has 1 heterocycles. The monoisotopic (exact) mass is 490 g/mol. The Morgan fingerprint density at radius 3 is 2.58 bits per heavy atom. The summed E-state index contributed by atoms with van der Waals surface area (Å²) < 4.78 is 18.4. The van der Waals surface area contributed by atoms with Gasteiger partial charge in [0.2, 0.25) is 5.91 Å². The van der Waals surface area contributed by atoms with Gasteiger partial charge in [0.1, 0.15) is 23.9 Å². The fourth-order valence-corrected chi connectivity index (χ4v) is 4.20. The van der Waals surface area contributed by atoms with Crippen LogP contribution in [-0.4, -0.2) is 40.6 Å². The molecule has 176 valence electrons. The number of nitrogens with one attached hydrogen (secondary N) is 1. The van der Waals surface area contributed by atoms with Gasteiger partial charge in [-0.1, -0.05) is 35.5 Å². The molecule has 2 aromatic carbocycles.